The van der Waals surface area contributed by atoms with Crippen molar-refractivity contribution >= 4 is 23.6 Å². The molecule has 0 aliphatic carbocycles. The van der Waals surface area contributed by atoms with Crippen LogP contribution in [0.5, 0.6) is 5.88 Å². The van der Waals surface area contributed by atoms with Gasteiger partial charge in [-0.2, -0.15) is 0 Å². The summed E-state index contributed by atoms with van der Waals surface area (Å²) in [6.07, 6.45) is 1.14. The van der Waals surface area contributed by atoms with Crippen LogP contribution in [0.25, 0.3) is 0 Å². The molecule has 158 valence electrons. The number of rotatable bonds is 6. The van der Waals surface area contributed by atoms with Crippen LogP contribution < -0.4 is 4.74 Å². The van der Waals surface area contributed by atoms with Gasteiger partial charge in [0.1, 0.15) is 12.6 Å². The summed E-state index contributed by atoms with van der Waals surface area (Å²) in [6.45, 7) is 0.143. The minimum atomic E-state index is -0.624. The first-order valence-corrected chi connectivity index (χ1v) is 10.2. The van der Waals surface area contributed by atoms with Gasteiger partial charge in [0.2, 0.25) is 11.8 Å². The number of carbonyl (C=O) groups excluding carboxylic acids is 2. The van der Waals surface area contributed by atoms with Gasteiger partial charge in [-0.25, -0.2) is 14.7 Å². The molecule has 0 radical (unpaired) electrons. The Bertz CT molecular complexity index is 1060. The Balaban J connectivity index is 1.64. The molecule has 1 aliphatic rings. The van der Waals surface area contributed by atoms with Gasteiger partial charge in [0.15, 0.2) is 0 Å². The zero-order valence-corrected chi connectivity index (χ0v) is 17.7. The fourth-order valence-corrected chi connectivity index (χ4v) is 3.86. The number of aromatic nitrogens is 1. The molecule has 6 nitrogen and oxygen atoms in total. The fourth-order valence-electron chi connectivity index (χ4n) is 3.73. The van der Waals surface area contributed by atoms with Crippen LogP contribution in [0.1, 0.15) is 35.1 Å². The van der Waals surface area contributed by atoms with Crippen molar-refractivity contribution in [2.24, 2.45) is 0 Å². The molecule has 0 saturated carbocycles. The van der Waals surface area contributed by atoms with E-state index in [-0.39, 0.29) is 24.9 Å². The van der Waals surface area contributed by atoms with Crippen LogP contribution in [0.2, 0.25) is 5.02 Å². The highest BCUT2D eigenvalue weighted by atomic mass is 35.5. The number of halogens is 1. The molecule has 3 aromatic rings. The Morgan fingerprint density at radius 1 is 1.13 bits per heavy atom. The van der Waals surface area contributed by atoms with Crippen LogP contribution in [-0.4, -0.2) is 35.6 Å². The Labute approximate surface area is 185 Å². The smallest absolute Gasteiger partial charge is 0.417 e. The minimum Gasteiger partial charge on any atom is -0.481 e. The van der Waals surface area contributed by atoms with Gasteiger partial charge in [-0.15, -0.1) is 0 Å². The van der Waals surface area contributed by atoms with E-state index in [2.05, 4.69) is 4.98 Å². The Morgan fingerprint density at radius 2 is 1.84 bits per heavy atom. The van der Waals surface area contributed by atoms with Gasteiger partial charge in [0, 0.05) is 29.6 Å². The lowest BCUT2D eigenvalue weighted by Crippen LogP contribution is -2.35. The molecule has 1 aromatic heterocycles. The standard InChI is InChI=1S/C24H21ClN2O4/c1-30-22-12-9-18(14-26-22)20(16-7-10-19(25)11-8-16)13-23(28)27-21(15-31-24(27)29)17-5-3-2-4-6-17/h2-12,14,20-21H,13,15H2,1H3/t20-,21+/m0/s1. The molecule has 2 heterocycles. The fraction of sp³-hybridized carbons (Fsp3) is 0.208. The third kappa shape index (κ3) is 4.54. The average molecular weight is 437 g/mol. The minimum absolute atomic E-state index is 0.0775. The van der Waals surface area contributed by atoms with Gasteiger partial charge in [-0.05, 0) is 28.8 Å². The van der Waals surface area contributed by atoms with Gasteiger partial charge in [-0.3, -0.25) is 4.79 Å². The number of benzene rings is 2. The number of hydrogen-bond donors (Lipinski definition) is 0. The number of nitrogens with zero attached hydrogens (tertiary/aromatic N) is 2. The van der Waals surface area contributed by atoms with Gasteiger partial charge in [0.25, 0.3) is 0 Å². The molecular formula is C24H21ClN2O4. The monoisotopic (exact) mass is 436 g/mol. The quantitative estimate of drug-likeness (QED) is 0.544. The van der Waals surface area contributed by atoms with Gasteiger partial charge in [0.05, 0.1) is 7.11 Å². The first-order chi connectivity index (χ1) is 15.1. The second-order valence-electron chi connectivity index (χ2n) is 7.21. The molecule has 0 N–H and O–H groups in total. The Hall–Kier alpha value is -3.38. The predicted octanol–water partition coefficient (Wildman–Crippen LogP) is 4.99. The second kappa shape index (κ2) is 9.18. The molecule has 0 bridgehead atoms. The average Bonchev–Trinajstić information content (AvgIpc) is 3.20. The molecule has 1 aliphatic heterocycles. The van der Waals surface area contributed by atoms with Crippen LogP contribution in [0.4, 0.5) is 4.79 Å². The van der Waals surface area contributed by atoms with Crippen molar-refractivity contribution in [3.8, 4) is 5.88 Å². The van der Waals surface area contributed by atoms with Crippen molar-refractivity contribution in [3.63, 3.8) is 0 Å². The van der Waals surface area contributed by atoms with Crippen molar-refractivity contribution < 1.29 is 19.1 Å². The summed E-state index contributed by atoms with van der Waals surface area (Å²) in [5, 5.41) is 0.606. The number of pyridine rings is 1. The maximum Gasteiger partial charge on any atom is 0.417 e. The van der Waals surface area contributed by atoms with Crippen LogP contribution in [0.3, 0.4) is 0 Å². The van der Waals surface area contributed by atoms with Crippen molar-refractivity contribution in [1.29, 1.82) is 0 Å². The van der Waals surface area contributed by atoms with Crippen LogP contribution >= 0.6 is 11.6 Å². The molecule has 2 aromatic carbocycles. The highest BCUT2D eigenvalue weighted by Gasteiger charge is 2.39. The summed E-state index contributed by atoms with van der Waals surface area (Å²) in [5.74, 6) is -0.141. The number of methoxy groups -OCH3 is 1. The van der Waals surface area contributed by atoms with E-state index in [1.165, 1.54) is 4.90 Å². The molecular weight excluding hydrogens is 416 g/mol. The lowest BCUT2D eigenvalue weighted by Gasteiger charge is -2.23. The topological polar surface area (TPSA) is 68.7 Å². The van der Waals surface area contributed by atoms with Crippen molar-refractivity contribution in [2.45, 2.75) is 18.4 Å². The largest absolute Gasteiger partial charge is 0.481 e. The zero-order valence-electron chi connectivity index (χ0n) is 16.9. The molecule has 1 fully saturated rings. The lowest BCUT2D eigenvalue weighted by atomic mass is 9.89. The molecule has 0 unspecified atom stereocenters. The highest BCUT2D eigenvalue weighted by Crippen LogP contribution is 2.34. The Morgan fingerprint density at radius 3 is 2.48 bits per heavy atom. The molecule has 1 saturated heterocycles. The van der Waals surface area contributed by atoms with E-state index >= 15 is 0 Å². The molecule has 31 heavy (non-hydrogen) atoms. The predicted molar refractivity (Wildman–Crippen MR) is 116 cm³/mol. The number of ether oxygens (including phenoxy) is 2. The van der Waals surface area contributed by atoms with Crippen LogP contribution in [0, 0.1) is 0 Å². The summed E-state index contributed by atoms with van der Waals surface area (Å²) in [5.41, 5.74) is 2.59. The Kier molecular flexibility index (Phi) is 6.18. The summed E-state index contributed by atoms with van der Waals surface area (Å²) in [6, 6.07) is 19.9. The number of cyclic esters (lactones) is 1. The van der Waals surface area contributed by atoms with Crippen molar-refractivity contribution in [1.82, 2.24) is 9.88 Å². The van der Waals surface area contributed by atoms with Crippen molar-refractivity contribution in [2.75, 3.05) is 13.7 Å². The van der Waals surface area contributed by atoms with Crippen LogP contribution in [0.15, 0.2) is 72.9 Å². The SMILES string of the molecule is COc1ccc([C@@H](CC(=O)N2C(=O)OC[C@@H]2c2ccccc2)c2ccc(Cl)cc2)cn1. The van der Waals surface area contributed by atoms with E-state index in [0.29, 0.717) is 10.9 Å². The third-order valence-corrected chi connectivity index (χ3v) is 5.60. The van der Waals surface area contributed by atoms with Crippen molar-refractivity contribution in [3.05, 3.63) is 94.6 Å². The van der Waals surface area contributed by atoms with Gasteiger partial charge in [-0.1, -0.05) is 60.1 Å². The van der Waals surface area contributed by atoms with E-state index in [1.807, 2.05) is 48.5 Å². The van der Waals surface area contributed by atoms with Gasteiger partial charge < -0.3 is 9.47 Å². The first-order valence-electron chi connectivity index (χ1n) is 9.86. The summed E-state index contributed by atoms with van der Waals surface area (Å²) in [4.78, 5) is 31.3. The summed E-state index contributed by atoms with van der Waals surface area (Å²) in [7, 11) is 1.55. The molecule has 0 spiro atoms. The van der Waals surface area contributed by atoms with E-state index < -0.39 is 12.1 Å². The number of hydrogen-bond acceptors (Lipinski definition) is 5. The highest BCUT2D eigenvalue weighted by molar-refractivity contribution is 6.30. The van der Waals surface area contributed by atoms with Gasteiger partial charge >= 0.3 is 6.09 Å². The van der Waals surface area contributed by atoms with E-state index in [0.717, 1.165) is 16.7 Å². The third-order valence-electron chi connectivity index (χ3n) is 5.35. The first kappa shape index (κ1) is 20.9. The summed E-state index contributed by atoms with van der Waals surface area (Å²) < 4.78 is 10.4. The van der Waals surface area contributed by atoms with E-state index in [4.69, 9.17) is 21.1 Å². The van der Waals surface area contributed by atoms with E-state index in [1.54, 1.807) is 31.5 Å². The summed E-state index contributed by atoms with van der Waals surface area (Å²) >= 11 is 6.05. The molecule has 2 atom stereocenters. The molecule has 2 amide bonds. The maximum absolute atomic E-state index is 13.3. The maximum atomic E-state index is 13.3. The zero-order chi connectivity index (χ0) is 21.8. The number of imide groups is 1. The second-order valence-corrected chi connectivity index (χ2v) is 7.65. The van der Waals surface area contributed by atoms with E-state index in [9.17, 15) is 9.59 Å². The lowest BCUT2D eigenvalue weighted by molar-refractivity contribution is -0.129. The number of amides is 2. The number of carbonyl (C=O) groups is 2. The van der Waals surface area contributed by atoms with Crippen LogP contribution in [-0.2, 0) is 9.53 Å². The molecule has 7 heteroatoms. The molecule has 4 rings (SSSR count). The normalized spacial score (nSPS) is 16.6.